The van der Waals surface area contributed by atoms with Gasteiger partial charge in [0.2, 0.25) is 0 Å². The predicted octanol–water partition coefficient (Wildman–Crippen LogP) is 3.49. The molecule has 0 spiro atoms. The molecule has 0 amide bonds. The Balaban J connectivity index is 2.62. The molecular weight excluding hydrogens is 206 g/mol. The van der Waals surface area contributed by atoms with Crippen molar-refractivity contribution in [3.63, 3.8) is 0 Å². The Morgan fingerprint density at radius 2 is 1.73 bits per heavy atom. The van der Waals surface area contributed by atoms with Crippen molar-refractivity contribution in [3.05, 3.63) is 0 Å². The molecule has 1 aliphatic carbocycles. The van der Waals surface area contributed by atoms with E-state index in [0.717, 1.165) is 5.71 Å². The van der Waals surface area contributed by atoms with Crippen molar-refractivity contribution >= 4 is 16.7 Å². The second kappa shape index (κ2) is 5.24. The zero-order valence-corrected chi connectivity index (χ0v) is 11.2. The van der Waals surface area contributed by atoms with Gasteiger partial charge in [0.15, 0.2) is 0 Å². The highest BCUT2D eigenvalue weighted by Crippen LogP contribution is 2.25. The van der Waals surface area contributed by atoms with Crippen molar-refractivity contribution in [1.82, 2.24) is 0 Å². The smallest absolute Gasteiger partial charge is 0.144 e. The fraction of sp³-hybridized carbons (Fsp3) is 0.917. The van der Waals surface area contributed by atoms with Gasteiger partial charge in [0.25, 0.3) is 0 Å². The Kier molecular flexibility index (Phi) is 4.50. The summed E-state index contributed by atoms with van der Waals surface area (Å²) in [5.74, 6) is 0.588. The molecule has 0 aromatic heterocycles. The van der Waals surface area contributed by atoms with Crippen LogP contribution in [0.3, 0.4) is 0 Å². The lowest BCUT2D eigenvalue weighted by Crippen LogP contribution is -2.23. The molecule has 1 aliphatic rings. The van der Waals surface area contributed by atoms with Gasteiger partial charge in [0.05, 0.1) is 4.75 Å². The monoisotopic (exact) mass is 229 g/mol. The molecule has 1 atom stereocenters. The molecule has 3 heteroatoms. The Hall–Kier alpha value is -0.180. The standard InChI is InChI=1S/C12H23NOS/c1-10(11-8-6-5-7-9-11)13-15(14)12(2,3)4/h11H,5-9H2,1-4H3/b13-10+. The Morgan fingerprint density at radius 1 is 1.20 bits per heavy atom. The van der Waals surface area contributed by atoms with E-state index in [-0.39, 0.29) is 4.75 Å². The third-order valence-electron chi connectivity index (χ3n) is 2.95. The topological polar surface area (TPSA) is 29.4 Å². The van der Waals surface area contributed by atoms with Gasteiger partial charge in [-0.25, -0.2) is 4.21 Å². The minimum atomic E-state index is -1.08. The number of nitrogens with zero attached hydrogens (tertiary/aromatic N) is 1. The Labute approximate surface area is 96.2 Å². The van der Waals surface area contributed by atoms with Crippen molar-refractivity contribution in [2.24, 2.45) is 10.3 Å². The number of hydrogen-bond donors (Lipinski definition) is 0. The molecule has 0 aliphatic heterocycles. The van der Waals surface area contributed by atoms with Crippen LogP contribution < -0.4 is 0 Å². The molecule has 1 fully saturated rings. The van der Waals surface area contributed by atoms with Gasteiger partial charge in [0.1, 0.15) is 11.0 Å². The van der Waals surface area contributed by atoms with E-state index in [9.17, 15) is 4.21 Å². The highest BCUT2D eigenvalue weighted by Gasteiger charge is 2.22. The van der Waals surface area contributed by atoms with E-state index in [2.05, 4.69) is 4.40 Å². The van der Waals surface area contributed by atoms with Crippen molar-refractivity contribution < 1.29 is 4.21 Å². The second-order valence-corrected chi connectivity index (χ2v) is 7.33. The molecule has 0 heterocycles. The first kappa shape index (κ1) is 12.9. The predicted molar refractivity (Wildman–Crippen MR) is 67.6 cm³/mol. The molecular formula is C12H23NOS. The molecule has 0 saturated heterocycles. The Morgan fingerprint density at radius 3 is 2.20 bits per heavy atom. The van der Waals surface area contributed by atoms with Gasteiger partial charge in [-0.05, 0) is 46.5 Å². The van der Waals surface area contributed by atoms with Crippen molar-refractivity contribution in [2.75, 3.05) is 0 Å². The van der Waals surface area contributed by atoms with E-state index in [1.807, 2.05) is 27.7 Å². The summed E-state index contributed by atoms with van der Waals surface area (Å²) in [7, 11) is -1.08. The molecule has 0 aromatic rings. The molecule has 1 rings (SSSR count). The van der Waals surface area contributed by atoms with E-state index in [1.54, 1.807) is 0 Å². The molecule has 15 heavy (non-hydrogen) atoms. The van der Waals surface area contributed by atoms with Gasteiger partial charge in [-0.2, -0.15) is 4.40 Å². The first-order valence-electron chi connectivity index (χ1n) is 5.88. The van der Waals surface area contributed by atoms with Crippen LogP contribution in [-0.2, 0) is 11.0 Å². The van der Waals surface area contributed by atoms with E-state index in [4.69, 9.17) is 0 Å². The summed E-state index contributed by atoms with van der Waals surface area (Å²) in [4.78, 5) is 0. The van der Waals surface area contributed by atoms with Gasteiger partial charge in [-0.3, -0.25) is 0 Å². The van der Waals surface area contributed by atoms with Gasteiger partial charge < -0.3 is 0 Å². The van der Waals surface area contributed by atoms with E-state index >= 15 is 0 Å². The summed E-state index contributed by atoms with van der Waals surface area (Å²) in [6.07, 6.45) is 6.43. The SMILES string of the molecule is C/C(=N\S(=O)C(C)(C)C)C1CCCCC1. The fourth-order valence-electron chi connectivity index (χ4n) is 1.86. The van der Waals surface area contributed by atoms with Gasteiger partial charge in [0, 0.05) is 5.71 Å². The first-order chi connectivity index (χ1) is 6.91. The maximum absolute atomic E-state index is 11.8. The van der Waals surface area contributed by atoms with Crippen LogP contribution in [0.2, 0.25) is 0 Å². The fourth-order valence-corrected chi connectivity index (χ4v) is 2.55. The third kappa shape index (κ3) is 4.06. The van der Waals surface area contributed by atoms with Crippen molar-refractivity contribution in [2.45, 2.75) is 64.5 Å². The lowest BCUT2D eigenvalue weighted by molar-refractivity contribution is 0.438. The van der Waals surface area contributed by atoms with Crippen LogP contribution in [0, 0.1) is 5.92 Å². The molecule has 88 valence electrons. The van der Waals surface area contributed by atoms with Crippen LogP contribution in [-0.4, -0.2) is 14.7 Å². The van der Waals surface area contributed by atoms with Gasteiger partial charge in [-0.1, -0.05) is 19.3 Å². The maximum Gasteiger partial charge on any atom is 0.144 e. The summed E-state index contributed by atoms with van der Waals surface area (Å²) in [6.45, 7) is 7.96. The van der Waals surface area contributed by atoms with Crippen LogP contribution in [0.25, 0.3) is 0 Å². The quantitative estimate of drug-likeness (QED) is 0.666. The summed E-state index contributed by atoms with van der Waals surface area (Å²) in [6, 6.07) is 0. The summed E-state index contributed by atoms with van der Waals surface area (Å²) < 4.78 is 16.0. The van der Waals surface area contributed by atoms with E-state index in [0.29, 0.717) is 5.92 Å². The molecule has 0 bridgehead atoms. The minimum absolute atomic E-state index is 0.226. The van der Waals surface area contributed by atoms with Crippen LogP contribution in [0.4, 0.5) is 0 Å². The molecule has 0 N–H and O–H groups in total. The minimum Gasteiger partial charge on any atom is -0.234 e. The molecule has 1 unspecified atom stereocenters. The second-order valence-electron chi connectivity index (χ2n) is 5.43. The lowest BCUT2D eigenvalue weighted by atomic mass is 9.86. The van der Waals surface area contributed by atoms with E-state index < -0.39 is 11.0 Å². The van der Waals surface area contributed by atoms with Crippen molar-refractivity contribution in [1.29, 1.82) is 0 Å². The van der Waals surface area contributed by atoms with Crippen LogP contribution in [0.1, 0.15) is 59.8 Å². The highest BCUT2D eigenvalue weighted by molar-refractivity contribution is 7.85. The van der Waals surface area contributed by atoms with Gasteiger partial charge >= 0.3 is 0 Å². The third-order valence-corrected chi connectivity index (χ3v) is 4.45. The normalized spacial score (nSPS) is 22.8. The van der Waals surface area contributed by atoms with Crippen LogP contribution in [0.15, 0.2) is 4.40 Å². The van der Waals surface area contributed by atoms with Crippen molar-refractivity contribution in [3.8, 4) is 0 Å². The maximum atomic E-state index is 11.8. The molecule has 0 aromatic carbocycles. The molecule has 1 saturated carbocycles. The average Bonchev–Trinajstić information content (AvgIpc) is 2.17. The zero-order chi connectivity index (χ0) is 11.5. The lowest BCUT2D eigenvalue weighted by Gasteiger charge is -2.22. The summed E-state index contributed by atoms with van der Waals surface area (Å²) in [5, 5.41) is 0. The number of hydrogen-bond acceptors (Lipinski definition) is 1. The van der Waals surface area contributed by atoms with Crippen LogP contribution >= 0.6 is 0 Å². The summed E-state index contributed by atoms with van der Waals surface area (Å²) in [5.41, 5.74) is 1.10. The molecule has 0 radical (unpaired) electrons. The zero-order valence-electron chi connectivity index (χ0n) is 10.4. The average molecular weight is 229 g/mol. The number of rotatable bonds is 2. The molecule has 2 nitrogen and oxygen atoms in total. The van der Waals surface area contributed by atoms with Gasteiger partial charge in [-0.15, -0.1) is 0 Å². The highest BCUT2D eigenvalue weighted by atomic mass is 32.2. The first-order valence-corrected chi connectivity index (χ1v) is 6.99. The Bertz CT molecular complexity index is 259. The summed E-state index contributed by atoms with van der Waals surface area (Å²) >= 11 is 0. The van der Waals surface area contributed by atoms with Crippen LogP contribution in [0.5, 0.6) is 0 Å². The van der Waals surface area contributed by atoms with E-state index in [1.165, 1.54) is 32.1 Å². The largest absolute Gasteiger partial charge is 0.234 e.